The van der Waals surface area contributed by atoms with Crippen LogP contribution in [0.4, 0.5) is 17.6 Å². The standard InChI is InChI=1S/C43H46ClF4NO3S/c1-3-30-18-20-31(21-19-30)24-41(50)52-29-37-39(45)25-35(26-40(37)53-2)51-23-11-22-49(27-34-16-10-17-38(42(34)44)43(46,47)48)28-36(32-12-6-4-7-13-32)33-14-8-5-9-15-33/h4,6-8,10,12-18,20,25-26,36H,3,5,9,11,19,21-24,27-29H2,1-2H3. The van der Waals surface area contributed by atoms with Crippen molar-refractivity contribution in [2.45, 2.75) is 82.0 Å². The highest BCUT2D eigenvalue weighted by Gasteiger charge is 2.34. The first-order valence-corrected chi connectivity index (χ1v) is 19.7. The molecule has 0 aromatic heterocycles. The number of nitrogens with zero attached hydrogens (tertiary/aromatic N) is 1. The lowest BCUT2D eigenvalue weighted by Gasteiger charge is -2.30. The Morgan fingerprint density at radius 3 is 2.47 bits per heavy atom. The van der Waals surface area contributed by atoms with Crippen molar-refractivity contribution >= 4 is 29.3 Å². The summed E-state index contributed by atoms with van der Waals surface area (Å²) in [7, 11) is 0. The van der Waals surface area contributed by atoms with E-state index < -0.39 is 23.5 Å². The number of carbonyl (C=O) groups is 1. The van der Waals surface area contributed by atoms with E-state index in [1.807, 2.05) is 30.5 Å². The Hall–Kier alpha value is -3.79. The van der Waals surface area contributed by atoms with E-state index in [9.17, 15) is 18.0 Å². The van der Waals surface area contributed by atoms with Crippen LogP contribution in [0.15, 0.2) is 113 Å². The van der Waals surface area contributed by atoms with Crippen LogP contribution in [0.5, 0.6) is 5.75 Å². The molecule has 282 valence electrons. The van der Waals surface area contributed by atoms with Crippen LogP contribution < -0.4 is 4.74 Å². The van der Waals surface area contributed by atoms with E-state index in [0.717, 1.165) is 49.3 Å². The van der Waals surface area contributed by atoms with Crippen molar-refractivity contribution in [1.82, 2.24) is 4.90 Å². The maximum absolute atomic E-state index is 15.4. The van der Waals surface area contributed by atoms with Gasteiger partial charge in [-0.1, -0.05) is 103 Å². The van der Waals surface area contributed by atoms with Crippen LogP contribution >= 0.6 is 23.4 Å². The number of benzene rings is 3. The molecular weight excluding hydrogens is 722 g/mol. The molecule has 0 amide bonds. The lowest BCUT2D eigenvalue weighted by Crippen LogP contribution is -2.31. The molecule has 0 bridgehead atoms. The minimum atomic E-state index is -4.57. The fraction of sp³-hybridized carbons (Fsp3) is 0.372. The molecule has 2 aliphatic rings. The topological polar surface area (TPSA) is 38.8 Å². The third-order valence-electron chi connectivity index (χ3n) is 9.61. The number of thioether (sulfide) groups is 1. The van der Waals surface area contributed by atoms with Gasteiger partial charge in [-0.25, -0.2) is 4.39 Å². The molecule has 5 rings (SSSR count). The van der Waals surface area contributed by atoms with Crippen LogP contribution in [0.3, 0.4) is 0 Å². The summed E-state index contributed by atoms with van der Waals surface area (Å²) in [4.78, 5) is 15.3. The summed E-state index contributed by atoms with van der Waals surface area (Å²) >= 11 is 7.71. The number of rotatable bonds is 17. The fourth-order valence-electron chi connectivity index (χ4n) is 6.66. The number of carbonyl (C=O) groups excluding carboxylic acids is 1. The van der Waals surface area contributed by atoms with Crippen molar-refractivity contribution in [3.63, 3.8) is 0 Å². The van der Waals surface area contributed by atoms with Gasteiger partial charge in [0.1, 0.15) is 18.2 Å². The smallest absolute Gasteiger partial charge is 0.417 e. The molecule has 53 heavy (non-hydrogen) atoms. The average Bonchev–Trinajstić information content (AvgIpc) is 3.16. The lowest BCUT2D eigenvalue weighted by molar-refractivity contribution is -0.144. The zero-order valence-corrected chi connectivity index (χ0v) is 31.8. The maximum atomic E-state index is 15.4. The molecule has 10 heteroatoms. The van der Waals surface area contributed by atoms with Gasteiger partial charge in [-0.3, -0.25) is 9.69 Å². The second-order valence-electron chi connectivity index (χ2n) is 13.3. The zero-order valence-electron chi connectivity index (χ0n) is 30.2. The van der Waals surface area contributed by atoms with Gasteiger partial charge in [0.25, 0.3) is 0 Å². The van der Waals surface area contributed by atoms with Crippen LogP contribution in [0, 0.1) is 5.82 Å². The molecule has 0 heterocycles. The van der Waals surface area contributed by atoms with E-state index in [2.05, 4.69) is 48.3 Å². The Morgan fingerprint density at radius 2 is 1.79 bits per heavy atom. The molecule has 0 saturated heterocycles. The highest BCUT2D eigenvalue weighted by Crippen LogP contribution is 2.37. The summed E-state index contributed by atoms with van der Waals surface area (Å²) in [6.07, 6.45) is 13.2. The van der Waals surface area contributed by atoms with E-state index in [1.165, 1.54) is 35.0 Å². The van der Waals surface area contributed by atoms with Crippen LogP contribution in [-0.4, -0.2) is 36.8 Å². The summed E-state index contributed by atoms with van der Waals surface area (Å²) in [5.74, 6) is -0.576. The molecule has 0 fully saturated rings. The first-order chi connectivity index (χ1) is 25.5. The van der Waals surface area contributed by atoms with Gasteiger partial charge in [0.15, 0.2) is 0 Å². The predicted octanol–water partition coefficient (Wildman–Crippen LogP) is 12.0. The first-order valence-electron chi connectivity index (χ1n) is 18.1. The van der Waals surface area contributed by atoms with Gasteiger partial charge in [0.05, 0.1) is 23.6 Å². The van der Waals surface area contributed by atoms with Gasteiger partial charge in [-0.2, -0.15) is 13.2 Å². The van der Waals surface area contributed by atoms with E-state index in [1.54, 1.807) is 12.1 Å². The molecule has 1 atom stereocenters. The summed E-state index contributed by atoms with van der Waals surface area (Å²) in [6.45, 7) is 3.42. The highest BCUT2D eigenvalue weighted by atomic mass is 35.5. The molecule has 0 aliphatic heterocycles. The zero-order chi connectivity index (χ0) is 37.8. The SMILES string of the molecule is CCC1=CC=C(CC(=O)OCc2c(F)cc(OCCCN(Cc3cccc(C(F)(F)F)c3Cl)CC(C3=CCCC=C3)c3ccccc3)cc2SC)CC1. The first kappa shape index (κ1) is 40.4. The van der Waals surface area contributed by atoms with Crippen molar-refractivity contribution in [3.05, 3.63) is 141 Å². The molecule has 4 nitrogen and oxygen atoms in total. The molecule has 3 aromatic rings. The quantitative estimate of drug-likeness (QED) is 0.0592. The summed E-state index contributed by atoms with van der Waals surface area (Å²) in [5, 5.41) is -0.297. The second-order valence-corrected chi connectivity index (χ2v) is 14.5. The van der Waals surface area contributed by atoms with Gasteiger partial charge in [0, 0.05) is 42.1 Å². The lowest BCUT2D eigenvalue weighted by atomic mass is 9.87. The van der Waals surface area contributed by atoms with Gasteiger partial charge in [-0.15, -0.1) is 11.8 Å². The number of alkyl halides is 3. The molecule has 0 radical (unpaired) electrons. The third-order valence-corrected chi connectivity index (χ3v) is 10.9. The normalized spacial score (nSPS) is 15.1. The number of allylic oxidation sites excluding steroid dienone is 6. The van der Waals surface area contributed by atoms with E-state index in [0.29, 0.717) is 41.3 Å². The fourth-order valence-corrected chi connectivity index (χ4v) is 7.59. The van der Waals surface area contributed by atoms with Crippen LogP contribution in [0.25, 0.3) is 0 Å². The minimum Gasteiger partial charge on any atom is -0.493 e. The van der Waals surface area contributed by atoms with Crippen LogP contribution in [0.1, 0.15) is 80.0 Å². The molecule has 0 saturated carbocycles. The van der Waals surface area contributed by atoms with Crippen molar-refractivity contribution in [3.8, 4) is 5.75 Å². The van der Waals surface area contributed by atoms with Crippen molar-refractivity contribution < 1.29 is 31.8 Å². The Bertz CT molecular complexity index is 1840. The summed E-state index contributed by atoms with van der Waals surface area (Å²) < 4.78 is 68.2. The Balaban J connectivity index is 1.26. The van der Waals surface area contributed by atoms with Crippen molar-refractivity contribution in [2.75, 3.05) is 26.0 Å². The predicted molar refractivity (Wildman–Crippen MR) is 206 cm³/mol. The Kier molecular flexibility index (Phi) is 14.9. The van der Waals surface area contributed by atoms with E-state index in [-0.39, 0.29) is 37.1 Å². The monoisotopic (exact) mass is 767 g/mol. The van der Waals surface area contributed by atoms with Crippen LogP contribution in [-0.2, 0) is 28.9 Å². The second kappa shape index (κ2) is 19.5. The number of ether oxygens (including phenoxy) is 2. The van der Waals surface area contributed by atoms with Gasteiger partial charge < -0.3 is 9.47 Å². The van der Waals surface area contributed by atoms with Crippen molar-refractivity contribution in [2.24, 2.45) is 0 Å². The Labute approximate surface area is 319 Å². The third kappa shape index (κ3) is 11.6. The maximum Gasteiger partial charge on any atom is 0.417 e. The molecular formula is C43H46ClF4NO3S. The summed E-state index contributed by atoms with van der Waals surface area (Å²) in [5.41, 5.74) is 4.48. The number of hydrogen-bond acceptors (Lipinski definition) is 5. The Morgan fingerprint density at radius 1 is 1.02 bits per heavy atom. The summed E-state index contributed by atoms with van der Waals surface area (Å²) in [6, 6.07) is 17.2. The number of halogens is 5. The van der Waals surface area contributed by atoms with Gasteiger partial charge in [-0.05, 0) is 73.6 Å². The largest absolute Gasteiger partial charge is 0.493 e. The number of esters is 1. The molecule has 3 aromatic carbocycles. The van der Waals surface area contributed by atoms with Crippen molar-refractivity contribution in [1.29, 1.82) is 0 Å². The minimum absolute atomic E-state index is 0.0109. The van der Waals surface area contributed by atoms with E-state index in [4.69, 9.17) is 21.1 Å². The number of hydrogen-bond donors (Lipinski definition) is 0. The molecule has 2 aliphatic carbocycles. The van der Waals surface area contributed by atoms with Gasteiger partial charge in [0.2, 0.25) is 0 Å². The highest BCUT2D eigenvalue weighted by molar-refractivity contribution is 7.98. The van der Waals surface area contributed by atoms with Gasteiger partial charge >= 0.3 is 12.1 Å². The molecule has 0 N–H and O–H groups in total. The average molecular weight is 768 g/mol. The molecule has 1 unspecified atom stereocenters. The van der Waals surface area contributed by atoms with E-state index >= 15 is 4.39 Å². The molecule has 0 spiro atoms. The van der Waals surface area contributed by atoms with Crippen LogP contribution in [0.2, 0.25) is 5.02 Å².